The first-order valence-electron chi connectivity index (χ1n) is 9.83. The fourth-order valence-electron chi connectivity index (χ4n) is 4.04. The van der Waals surface area contributed by atoms with Crippen LogP contribution in [0.5, 0.6) is 0 Å². The number of fused-ring (bicyclic) bond motifs is 1. The molecule has 0 aliphatic heterocycles. The second-order valence-electron chi connectivity index (χ2n) is 7.85. The molecule has 0 bridgehead atoms. The molecule has 0 unspecified atom stereocenters. The van der Waals surface area contributed by atoms with Gasteiger partial charge in [0.05, 0.1) is 12.3 Å². The number of aliphatic hydroxyl groups is 2. The van der Waals surface area contributed by atoms with Crippen molar-refractivity contribution in [3.8, 4) is 0 Å². The summed E-state index contributed by atoms with van der Waals surface area (Å²) in [5.41, 5.74) is -2.59. The summed E-state index contributed by atoms with van der Waals surface area (Å²) >= 11 is 12.1. The van der Waals surface area contributed by atoms with Crippen LogP contribution in [0.3, 0.4) is 0 Å². The van der Waals surface area contributed by atoms with Gasteiger partial charge in [-0.25, -0.2) is 4.39 Å². The summed E-state index contributed by atoms with van der Waals surface area (Å²) in [6.07, 6.45) is 1.66. The van der Waals surface area contributed by atoms with E-state index in [1.54, 1.807) is 36.2 Å². The van der Waals surface area contributed by atoms with Gasteiger partial charge in [0, 0.05) is 41.3 Å². The van der Waals surface area contributed by atoms with E-state index in [-0.39, 0.29) is 43.7 Å². The molecule has 0 radical (unpaired) electrons. The lowest BCUT2D eigenvalue weighted by molar-refractivity contribution is -0.135. The highest BCUT2D eigenvalue weighted by Gasteiger charge is 2.51. The largest absolute Gasteiger partial charge is 0.395 e. The molecule has 2 aromatic rings. The molecule has 1 aromatic heterocycles. The Labute approximate surface area is 185 Å². The first-order chi connectivity index (χ1) is 14.2. The minimum Gasteiger partial charge on any atom is -0.395 e. The van der Waals surface area contributed by atoms with Crippen LogP contribution < -0.4 is 0 Å². The lowest BCUT2D eigenvalue weighted by atomic mass is 9.72. The Balaban J connectivity index is 1.83. The van der Waals surface area contributed by atoms with Crippen LogP contribution in [0, 0.1) is 0 Å². The molecule has 3 rings (SSSR count). The molecule has 0 fully saturated rings. The number of benzene rings is 1. The summed E-state index contributed by atoms with van der Waals surface area (Å²) < 4.78 is 16.0. The maximum atomic E-state index is 16.0. The average molecular weight is 455 g/mol. The lowest BCUT2D eigenvalue weighted by Crippen LogP contribution is -2.48. The molecule has 1 heterocycles. The van der Waals surface area contributed by atoms with Crippen molar-refractivity contribution in [1.82, 2.24) is 9.88 Å². The molecule has 0 amide bonds. The number of hydrogen-bond donors (Lipinski definition) is 2. The van der Waals surface area contributed by atoms with Crippen LogP contribution in [0.2, 0.25) is 10.0 Å². The van der Waals surface area contributed by atoms with E-state index in [9.17, 15) is 9.90 Å². The second-order valence-corrected chi connectivity index (χ2v) is 8.70. The van der Waals surface area contributed by atoms with Crippen LogP contribution >= 0.6 is 23.2 Å². The van der Waals surface area contributed by atoms with Crippen molar-refractivity contribution in [2.75, 3.05) is 26.7 Å². The maximum Gasteiger partial charge on any atom is 0.195 e. The standard InChI is InChI=1S/C22H25Cl2FN2O3/c1-27(11-12-28)14-21(30)8-9-22(25,17-3-2-10-26-20(17)21)19(29)7-5-15-4-6-16(23)13-18(15)24/h2-4,6,10,13,28,30H,5,7-9,11-12,14H2,1H3/t21-,22+/m1/s1. The van der Waals surface area contributed by atoms with Crippen LogP contribution in [-0.2, 0) is 22.5 Å². The molecular formula is C22H25Cl2FN2O3. The third kappa shape index (κ3) is 4.68. The predicted molar refractivity (Wildman–Crippen MR) is 115 cm³/mol. The van der Waals surface area contributed by atoms with E-state index in [4.69, 9.17) is 28.3 Å². The van der Waals surface area contributed by atoms with Crippen LogP contribution in [-0.4, -0.2) is 52.6 Å². The molecule has 162 valence electrons. The third-order valence-electron chi connectivity index (χ3n) is 5.65. The predicted octanol–water partition coefficient (Wildman–Crippen LogP) is 3.66. The number of nitrogens with zero attached hydrogens (tertiary/aromatic N) is 2. The quantitative estimate of drug-likeness (QED) is 0.636. The molecule has 1 aromatic carbocycles. The number of likely N-dealkylation sites (N-methyl/N-ethyl adjacent to an activating group) is 1. The zero-order chi connectivity index (χ0) is 21.9. The fourth-order valence-corrected chi connectivity index (χ4v) is 4.54. The smallest absolute Gasteiger partial charge is 0.195 e. The van der Waals surface area contributed by atoms with Gasteiger partial charge < -0.3 is 15.1 Å². The van der Waals surface area contributed by atoms with Gasteiger partial charge in [0.1, 0.15) is 5.60 Å². The SMILES string of the molecule is CN(CCO)C[C@]1(O)CC[C@@](F)(C(=O)CCc2ccc(Cl)cc2Cl)c2cccnc21. The van der Waals surface area contributed by atoms with Crippen molar-refractivity contribution in [1.29, 1.82) is 0 Å². The van der Waals surface area contributed by atoms with Crippen molar-refractivity contribution in [2.45, 2.75) is 37.0 Å². The van der Waals surface area contributed by atoms with Gasteiger partial charge in [0.25, 0.3) is 0 Å². The molecule has 0 saturated carbocycles. The summed E-state index contributed by atoms with van der Waals surface area (Å²) in [6, 6.07) is 8.10. The van der Waals surface area contributed by atoms with E-state index < -0.39 is 17.1 Å². The number of alkyl halides is 1. The monoisotopic (exact) mass is 454 g/mol. The van der Waals surface area contributed by atoms with Crippen LogP contribution in [0.15, 0.2) is 36.5 Å². The van der Waals surface area contributed by atoms with Gasteiger partial charge in [0.15, 0.2) is 11.5 Å². The lowest BCUT2D eigenvalue weighted by Gasteiger charge is -2.41. The zero-order valence-electron chi connectivity index (χ0n) is 16.7. The van der Waals surface area contributed by atoms with Crippen molar-refractivity contribution < 1.29 is 19.4 Å². The number of hydrogen-bond acceptors (Lipinski definition) is 5. The van der Waals surface area contributed by atoms with E-state index in [0.29, 0.717) is 23.0 Å². The number of aryl methyl sites for hydroxylation is 1. The summed E-state index contributed by atoms with van der Waals surface area (Å²) in [4.78, 5) is 19.0. The third-order valence-corrected chi connectivity index (χ3v) is 6.24. The van der Waals surface area contributed by atoms with Gasteiger partial charge in [-0.1, -0.05) is 35.3 Å². The highest BCUT2D eigenvalue weighted by atomic mass is 35.5. The molecule has 1 aliphatic rings. The molecule has 1 aliphatic carbocycles. The molecular weight excluding hydrogens is 430 g/mol. The Kier molecular flexibility index (Phi) is 7.15. The summed E-state index contributed by atoms with van der Waals surface area (Å²) in [5.74, 6) is -0.562. The fraction of sp³-hybridized carbons (Fsp3) is 0.455. The van der Waals surface area contributed by atoms with Crippen LogP contribution in [0.25, 0.3) is 0 Å². The van der Waals surface area contributed by atoms with E-state index in [2.05, 4.69) is 4.98 Å². The number of Topliss-reactive ketones (excluding diaryl/α,β-unsaturated/α-hetero) is 1. The van der Waals surface area contributed by atoms with Crippen LogP contribution in [0.4, 0.5) is 4.39 Å². The van der Waals surface area contributed by atoms with E-state index in [1.165, 1.54) is 12.3 Å². The molecule has 2 N–H and O–H groups in total. The number of aromatic nitrogens is 1. The highest BCUT2D eigenvalue weighted by Crippen LogP contribution is 2.46. The molecule has 2 atom stereocenters. The van der Waals surface area contributed by atoms with Gasteiger partial charge in [0.2, 0.25) is 0 Å². The summed E-state index contributed by atoms with van der Waals surface area (Å²) in [6.45, 7) is 0.495. The minimum atomic E-state index is -2.22. The minimum absolute atomic E-state index is 0.0327. The van der Waals surface area contributed by atoms with Gasteiger partial charge in [-0.15, -0.1) is 0 Å². The van der Waals surface area contributed by atoms with Gasteiger partial charge in [-0.2, -0.15) is 0 Å². The second kappa shape index (κ2) is 9.28. The van der Waals surface area contributed by atoms with Crippen molar-refractivity contribution in [3.63, 3.8) is 0 Å². The topological polar surface area (TPSA) is 73.7 Å². The summed E-state index contributed by atoms with van der Waals surface area (Å²) in [5, 5.41) is 21.3. The number of aliphatic hydroxyl groups excluding tert-OH is 1. The van der Waals surface area contributed by atoms with Gasteiger partial charge >= 0.3 is 0 Å². The van der Waals surface area contributed by atoms with Crippen LogP contribution in [0.1, 0.15) is 36.1 Å². The van der Waals surface area contributed by atoms with Crippen molar-refractivity contribution in [3.05, 3.63) is 63.4 Å². The summed E-state index contributed by atoms with van der Waals surface area (Å²) in [7, 11) is 1.76. The molecule has 0 saturated heterocycles. The highest BCUT2D eigenvalue weighted by molar-refractivity contribution is 6.35. The van der Waals surface area contributed by atoms with Crippen molar-refractivity contribution >= 4 is 29.0 Å². The van der Waals surface area contributed by atoms with E-state index >= 15 is 4.39 Å². The number of halogens is 3. The number of carbonyl (C=O) groups is 1. The molecule has 5 nitrogen and oxygen atoms in total. The first-order valence-corrected chi connectivity index (χ1v) is 10.6. The molecule has 8 heteroatoms. The Morgan fingerprint density at radius 1 is 1.30 bits per heavy atom. The first kappa shape index (κ1) is 23.1. The Morgan fingerprint density at radius 3 is 2.77 bits per heavy atom. The Bertz CT molecular complexity index is 929. The number of carbonyl (C=O) groups excluding carboxylic acids is 1. The number of pyridine rings is 1. The zero-order valence-corrected chi connectivity index (χ0v) is 18.3. The Morgan fingerprint density at radius 2 is 2.07 bits per heavy atom. The number of ketones is 1. The molecule has 0 spiro atoms. The van der Waals surface area contributed by atoms with E-state index in [0.717, 1.165) is 5.56 Å². The van der Waals surface area contributed by atoms with E-state index in [1.807, 2.05) is 0 Å². The Hall–Kier alpha value is -1.57. The maximum absolute atomic E-state index is 16.0. The van der Waals surface area contributed by atoms with Crippen molar-refractivity contribution in [2.24, 2.45) is 0 Å². The number of rotatable bonds is 8. The van der Waals surface area contributed by atoms with Gasteiger partial charge in [-0.05, 0) is 50.1 Å². The molecule has 30 heavy (non-hydrogen) atoms. The van der Waals surface area contributed by atoms with Gasteiger partial charge in [-0.3, -0.25) is 9.78 Å². The average Bonchev–Trinajstić information content (AvgIpc) is 2.70. The normalized spacial score (nSPS) is 23.4.